The van der Waals surface area contributed by atoms with Crippen LogP contribution in [0.1, 0.15) is 25.0 Å². The first-order chi connectivity index (χ1) is 9.17. The van der Waals surface area contributed by atoms with Gasteiger partial charge in [-0.3, -0.25) is 4.79 Å². The number of anilines is 1. The number of hydrogen-bond acceptors (Lipinski definition) is 5. The lowest BCUT2D eigenvalue weighted by Crippen LogP contribution is -2.37. The van der Waals surface area contributed by atoms with E-state index in [1.165, 1.54) is 0 Å². The molecule has 6 heteroatoms. The zero-order valence-corrected chi connectivity index (χ0v) is 11.1. The number of carbonyl (C=O) groups excluding carboxylic acids is 2. The SMILES string of the molecule is Cc1cc(NC(=O)CCN2CCCC(C=O)C2)no1. The molecule has 0 aromatic carbocycles. The molecule has 0 bridgehead atoms. The first kappa shape index (κ1) is 13.7. The highest BCUT2D eigenvalue weighted by atomic mass is 16.5. The zero-order valence-electron chi connectivity index (χ0n) is 11.1. The van der Waals surface area contributed by atoms with E-state index >= 15 is 0 Å². The van der Waals surface area contributed by atoms with Crippen LogP contribution in [0.3, 0.4) is 0 Å². The first-order valence-corrected chi connectivity index (χ1v) is 6.58. The van der Waals surface area contributed by atoms with Gasteiger partial charge in [-0.1, -0.05) is 5.16 Å². The topological polar surface area (TPSA) is 75.4 Å². The summed E-state index contributed by atoms with van der Waals surface area (Å²) in [7, 11) is 0. The fourth-order valence-electron chi connectivity index (χ4n) is 2.30. The number of rotatable bonds is 5. The normalized spacial score (nSPS) is 20.2. The highest BCUT2D eigenvalue weighted by Gasteiger charge is 2.19. The molecule has 1 unspecified atom stereocenters. The van der Waals surface area contributed by atoms with Gasteiger partial charge in [0.2, 0.25) is 5.91 Å². The third-order valence-electron chi connectivity index (χ3n) is 3.28. The van der Waals surface area contributed by atoms with Gasteiger partial charge in [0.25, 0.3) is 0 Å². The minimum absolute atomic E-state index is 0.0819. The van der Waals surface area contributed by atoms with Crippen molar-refractivity contribution in [1.82, 2.24) is 10.1 Å². The van der Waals surface area contributed by atoms with E-state index < -0.39 is 0 Å². The number of aromatic nitrogens is 1. The van der Waals surface area contributed by atoms with Crippen LogP contribution < -0.4 is 5.32 Å². The van der Waals surface area contributed by atoms with Crippen LogP contribution in [0.15, 0.2) is 10.6 Å². The molecule has 1 aliphatic rings. The van der Waals surface area contributed by atoms with Crippen molar-refractivity contribution in [3.63, 3.8) is 0 Å². The molecule has 19 heavy (non-hydrogen) atoms. The van der Waals surface area contributed by atoms with Crippen molar-refractivity contribution < 1.29 is 14.1 Å². The number of aldehydes is 1. The van der Waals surface area contributed by atoms with Crippen molar-refractivity contribution in [2.45, 2.75) is 26.2 Å². The average molecular weight is 265 g/mol. The number of nitrogens with one attached hydrogen (secondary N) is 1. The van der Waals surface area contributed by atoms with E-state index in [0.717, 1.165) is 32.2 Å². The van der Waals surface area contributed by atoms with E-state index in [4.69, 9.17) is 4.52 Å². The third kappa shape index (κ3) is 4.17. The van der Waals surface area contributed by atoms with Crippen LogP contribution >= 0.6 is 0 Å². The maximum Gasteiger partial charge on any atom is 0.226 e. The van der Waals surface area contributed by atoms with E-state index in [9.17, 15) is 9.59 Å². The highest BCUT2D eigenvalue weighted by Crippen LogP contribution is 2.14. The number of carbonyl (C=O) groups is 2. The Labute approximate surface area is 112 Å². The lowest BCUT2D eigenvalue weighted by Gasteiger charge is -2.29. The van der Waals surface area contributed by atoms with E-state index in [0.29, 0.717) is 24.5 Å². The number of amides is 1. The van der Waals surface area contributed by atoms with Crippen molar-refractivity contribution in [2.24, 2.45) is 5.92 Å². The van der Waals surface area contributed by atoms with Crippen LogP contribution in [0, 0.1) is 12.8 Å². The Morgan fingerprint density at radius 2 is 2.53 bits per heavy atom. The Bertz CT molecular complexity index is 444. The van der Waals surface area contributed by atoms with Crippen molar-refractivity contribution in [3.05, 3.63) is 11.8 Å². The molecule has 1 aromatic heterocycles. The molecule has 104 valence electrons. The van der Waals surface area contributed by atoms with Gasteiger partial charge in [-0.25, -0.2) is 0 Å². The van der Waals surface area contributed by atoms with Crippen LogP contribution in [-0.2, 0) is 9.59 Å². The molecule has 2 heterocycles. The number of likely N-dealkylation sites (tertiary alicyclic amines) is 1. The summed E-state index contributed by atoms with van der Waals surface area (Å²) in [5, 5.41) is 6.40. The molecule has 1 atom stereocenters. The Kier molecular flexibility index (Phi) is 4.68. The molecule has 0 radical (unpaired) electrons. The minimum atomic E-state index is -0.0819. The van der Waals surface area contributed by atoms with Gasteiger partial charge in [-0.2, -0.15) is 0 Å². The van der Waals surface area contributed by atoms with Crippen molar-refractivity contribution >= 4 is 18.0 Å². The zero-order chi connectivity index (χ0) is 13.7. The summed E-state index contributed by atoms with van der Waals surface area (Å²) in [5.74, 6) is 1.16. The van der Waals surface area contributed by atoms with Crippen LogP contribution in [0.2, 0.25) is 0 Å². The van der Waals surface area contributed by atoms with Crippen LogP contribution in [0.5, 0.6) is 0 Å². The van der Waals surface area contributed by atoms with Gasteiger partial charge < -0.3 is 19.5 Å². The molecule has 1 aromatic rings. The van der Waals surface area contributed by atoms with Gasteiger partial charge in [0.15, 0.2) is 5.82 Å². The van der Waals surface area contributed by atoms with Gasteiger partial charge in [0.05, 0.1) is 0 Å². The molecule has 1 aliphatic heterocycles. The Balaban J connectivity index is 1.72. The maximum absolute atomic E-state index is 11.7. The minimum Gasteiger partial charge on any atom is -0.360 e. The second kappa shape index (κ2) is 6.47. The van der Waals surface area contributed by atoms with E-state index in [2.05, 4.69) is 15.4 Å². The second-order valence-corrected chi connectivity index (χ2v) is 4.96. The van der Waals surface area contributed by atoms with Gasteiger partial charge in [-0.05, 0) is 26.3 Å². The summed E-state index contributed by atoms with van der Waals surface area (Å²) in [6.07, 6.45) is 3.40. The van der Waals surface area contributed by atoms with Crippen LogP contribution in [-0.4, -0.2) is 41.9 Å². The summed E-state index contributed by atoms with van der Waals surface area (Å²) in [6.45, 7) is 4.17. The molecule has 0 aliphatic carbocycles. The van der Waals surface area contributed by atoms with Gasteiger partial charge in [0, 0.05) is 31.5 Å². The van der Waals surface area contributed by atoms with E-state index in [-0.39, 0.29) is 11.8 Å². The van der Waals surface area contributed by atoms with Gasteiger partial charge >= 0.3 is 0 Å². The molecule has 1 saturated heterocycles. The maximum atomic E-state index is 11.7. The molecule has 6 nitrogen and oxygen atoms in total. The molecule has 1 amide bonds. The Morgan fingerprint density at radius 1 is 1.68 bits per heavy atom. The molecule has 0 spiro atoms. The first-order valence-electron chi connectivity index (χ1n) is 6.58. The fourth-order valence-corrected chi connectivity index (χ4v) is 2.30. The average Bonchev–Trinajstić information content (AvgIpc) is 2.82. The smallest absolute Gasteiger partial charge is 0.226 e. The van der Waals surface area contributed by atoms with E-state index in [1.807, 2.05) is 0 Å². The van der Waals surface area contributed by atoms with Gasteiger partial charge in [0.1, 0.15) is 12.0 Å². The molecular formula is C13H19N3O3. The number of aryl methyl sites for hydroxylation is 1. The summed E-state index contributed by atoms with van der Waals surface area (Å²) in [4.78, 5) is 24.7. The van der Waals surface area contributed by atoms with Crippen molar-refractivity contribution in [3.8, 4) is 0 Å². The largest absolute Gasteiger partial charge is 0.360 e. The molecular weight excluding hydrogens is 246 g/mol. The summed E-state index contributed by atoms with van der Waals surface area (Å²) in [6, 6.07) is 1.68. The summed E-state index contributed by atoms with van der Waals surface area (Å²) >= 11 is 0. The quantitative estimate of drug-likeness (QED) is 0.810. The van der Waals surface area contributed by atoms with E-state index in [1.54, 1.807) is 13.0 Å². The lowest BCUT2D eigenvalue weighted by molar-refractivity contribution is -0.116. The second-order valence-electron chi connectivity index (χ2n) is 4.96. The predicted octanol–water partition coefficient (Wildman–Crippen LogP) is 1.22. The third-order valence-corrected chi connectivity index (χ3v) is 3.28. The van der Waals surface area contributed by atoms with Crippen LogP contribution in [0.25, 0.3) is 0 Å². The monoisotopic (exact) mass is 265 g/mol. The molecule has 1 fully saturated rings. The summed E-state index contributed by atoms with van der Waals surface area (Å²) < 4.78 is 4.87. The predicted molar refractivity (Wildman–Crippen MR) is 69.7 cm³/mol. The fraction of sp³-hybridized carbons (Fsp3) is 0.615. The lowest BCUT2D eigenvalue weighted by atomic mass is 10.00. The highest BCUT2D eigenvalue weighted by molar-refractivity contribution is 5.89. The van der Waals surface area contributed by atoms with Crippen LogP contribution in [0.4, 0.5) is 5.82 Å². The van der Waals surface area contributed by atoms with Crippen molar-refractivity contribution in [1.29, 1.82) is 0 Å². The standard InChI is InChI=1S/C13H19N3O3/c1-10-7-12(15-19-10)14-13(18)4-6-16-5-2-3-11(8-16)9-17/h7,9,11H,2-6,8H2,1H3,(H,14,15,18). The molecule has 2 rings (SSSR count). The van der Waals surface area contributed by atoms with Crippen molar-refractivity contribution in [2.75, 3.05) is 25.0 Å². The number of nitrogens with zero attached hydrogens (tertiary/aromatic N) is 2. The molecule has 0 saturated carbocycles. The van der Waals surface area contributed by atoms with Gasteiger partial charge in [-0.15, -0.1) is 0 Å². The number of piperidine rings is 1. The Morgan fingerprint density at radius 3 is 3.21 bits per heavy atom. The Hall–Kier alpha value is -1.69. The summed E-state index contributed by atoms with van der Waals surface area (Å²) in [5.41, 5.74) is 0. The molecule has 1 N–H and O–H groups in total. The number of hydrogen-bond donors (Lipinski definition) is 1.